The van der Waals surface area contributed by atoms with Gasteiger partial charge in [0.05, 0.1) is 18.4 Å². The molecule has 11 heteroatoms. The molecule has 266 valence electrons. The summed E-state index contributed by atoms with van der Waals surface area (Å²) in [7, 11) is 0. The number of rotatable bonds is 11. The van der Waals surface area contributed by atoms with Crippen LogP contribution in [0.5, 0.6) is 0 Å². The number of ketones is 2. The lowest BCUT2D eigenvalue weighted by Crippen LogP contribution is -2.59. The van der Waals surface area contributed by atoms with Gasteiger partial charge in [0.1, 0.15) is 0 Å². The average molecular weight is 672 g/mol. The van der Waals surface area contributed by atoms with Gasteiger partial charge in [-0.2, -0.15) is 0 Å². The summed E-state index contributed by atoms with van der Waals surface area (Å²) in [5.41, 5.74) is -1.23. The molecule has 0 aromatic carbocycles. The molecule has 1 heterocycles. The number of Topliss-reactive ketones (excluding diaryl/α,β-unsaturated/α-hetero) is 1. The molecule has 4 fully saturated rings. The van der Waals surface area contributed by atoms with Crippen LogP contribution in [-0.2, 0) is 43.0 Å². The number of carboxylic acids is 1. The molecule has 0 bridgehead atoms. The molecule has 0 radical (unpaired) electrons. The molecular weight excluding hydrogens is 618 g/mol. The molecule has 2 N–H and O–H groups in total. The molecule has 4 aliphatic carbocycles. The molecule has 1 saturated heterocycles. The van der Waals surface area contributed by atoms with Crippen molar-refractivity contribution >= 4 is 35.4 Å². The van der Waals surface area contributed by atoms with Crippen LogP contribution < -0.4 is 5.32 Å². The highest BCUT2D eigenvalue weighted by Gasteiger charge is 2.68. The van der Waals surface area contributed by atoms with Gasteiger partial charge in [-0.1, -0.05) is 19.4 Å². The zero-order valence-electron chi connectivity index (χ0n) is 29.2. The fraction of sp³-hybridized carbons (Fsp3) is 0.784. The maximum absolute atomic E-state index is 14.0. The second-order valence-electron chi connectivity index (χ2n) is 16.1. The Balaban J connectivity index is 1.20. The summed E-state index contributed by atoms with van der Waals surface area (Å²) in [4.78, 5) is 75.9. The van der Waals surface area contributed by atoms with Crippen molar-refractivity contribution in [1.82, 2.24) is 5.32 Å². The lowest BCUT2D eigenvalue weighted by Gasteiger charge is -2.59. The van der Waals surface area contributed by atoms with Crippen LogP contribution in [0.2, 0.25) is 0 Å². The van der Waals surface area contributed by atoms with Crippen LogP contribution in [0.25, 0.3) is 0 Å². The Morgan fingerprint density at radius 2 is 1.71 bits per heavy atom. The fourth-order valence-corrected chi connectivity index (χ4v) is 10.5. The number of carbonyl (C=O) groups excluding carboxylic acids is 5. The van der Waals surface area contributed by atoms with Crippen molar-refractivity contribution in [1.29, 1.82) is 0 Å². The van der Waals surface area contributed by atoms with Gasteiger partial charge in [-0.05, 0) is 107 Å². The van der Waals surface area contributed by atoms with E-state index in [4.69, 9.17) is 14.2 Å². The van der Waals surface area contributed by atoms with E-state index in [1.54, 1.807) is 0 Å². The first kappa shape index (κ1) is 36.2. The molecule has 8 atom stereocenters. The van der Waals surface area contributed by atoms with Crippen molar-refractivity contribution in [2.75, 3.05) is 13.2 Å². The van der Waals surface area contributed by atoms with Gasteiger partial charge in [-0.3, -0.25) is 28.8 Å². The third-order valence-electron chi connectivity index (χ3n) is 12.8. The van der Waals surface area contributed by atoms with Gasteiger partial charge in [0.25, 0.3) is 0 Å². The van der Waals surface area contributed by atoms with Crippen molar-refractivity contribution in [2.45, 2.75) is 135 Å². The summed E-state index contributed by atoms with van der Waals surface area (Å²) >= 11 is 0. The lowest BCUT2D eigenvalue weighted by atomic mass is 9.46. The number of hydrogen-bond acceptors (Lipinski definition) is 9. The van der Waals surface area contributed by atoms with Gasteiger partial charge in [-0.15, -0.1) is 0 Å². The number of hydrogen-bond donors (Lipinski definition) is 2. The maximum atomic E-state index is 14.0. The molecule has 5 rings (SSSR count). The van der Waals surface area contributed by atoms with Gasteiger partial charge >= 0.3 is 17.9 Å². The number of nitrogens with one attached hydrogen (secondary N) is 1. The SMILES string of the molecule is CC(=O)O[C@]1(C(=O)COC(=O)CCC(=O)N[C@H](CC(=O)O)[C@@H]2CCOC(C)(C)C2)CC[C@H]2[C@@H]3CCC4=CC(=O)CC[C@]4(C)[C@H]3CC[C@@]21C. The minimum atomic E-state index is -1.41. The Labute approximate surface area is 283 Å². The van der Waals surface area contributed by atoms with Crippen LogP contribution in [0.15, 0.2) is 11.6 Å². The van der Waals surface area contributed by atoms with Crippen LogP contribution in [-0.4, -0.2) is 70.9 Å². The van der Waals surface area contributed by atoms with E-state index in [1.165, 1.54) is 12.5 Å². The van der Waals surface area contributed by atoms with Crippen molar-refractivity contribution < 1.29 is 48.1 Å². The highest BCUT2D eigenvalue weighted by atomic mass is 16.6. The van der Waals surface area contributed by atoms with E-state index in [0.29, 0.717) is 50.5 Å². The van der Waals surface area contributed by atoms with E-state index in [2.05, 4.69) is 19.2 Å². The molecule has 0 unspecified atom stereocenters. The molecular formula is C37H53NO10. The smallest absolute Gasteiger partial charge is 0.306 e. The van der Waals surface area contributed by atoms with Gasteiger partial charge < -0.3 is 24.6 Å². The molecule has 1 amide bonds. The molecule has 11 nitrogen and oxygen atoms in total. The summed E-state index contributed by atoms with van der Waals surface area (Å²) in [5.74, 6) is -2.20. The minimum Gasteiger partial charge on any atom is -0.481 e. The zero-order valence-corrected chi connectivity index (χ0v) is 29.2. The largest absolute Gasteiger partial charge is 0.481 e. The van der Waals surface area contributed by atoms with E-state index in [1.807, 2.05) is 19.9 Å². The number of fused-ring (bicyclic) bond motifs is 5. The second kappa shape index (κ2) is 13.7. The molecule has 1 aliphatic heterocycles. The predicted molar refractivity (Wildman–Crippen MR) is 173 cm³/mol. The number of carbonyl (C=O) groups is 6. The number of esters is 2. The first-order valence-corrected chi connectivity index (χ1v) is 17.8. The van der Waals surface area contributed by atoms with Gasteiger partial charge in [0.15, 0.2) is 18.0 Å². The van der Waals surface area contributed by atoms with E-state index < -0.39 is 58.9 Å². The maximum Gasteiger partial charge on any atom is 0.306 e. The fourth-order valence-electron chi connectivity index (χ4n) is 10.5. The van der Waals surface area contributed by atoms with Crippen molar-refractivity contribution in [3.63, 3.8) is 0 Å². The van der Waals surface area contributed by atoms with E-state index in [0.717, 1.165) is 32.1 Å². The van der Waals surface area contributed by atoms with E-state index >= 15 is 0 Å². The number of aliphatic carboxylic acids is 1. The minimum absolute atomic E-state index is 0.0360. The number of carboxylic acid groups (broad SMARTS) is 1. The number of ether oxygens (including phenoxy) is 3. The average Bonchev–Trinajstić information content (AvgIpc) is 3.30. The van der Waals surface area contributed by atoms with Gasteiger partial charge in [-0.25, -0.2) is 0 Å². The van der Waals surface area contributed by atoms with Crippen LogP contribution >= 0.6 is 0 Å². The topological polar surface area (TPSA) is 162 Å². The number of allylic oxidation sites excluding steroid dienone is 1. The standard InChI is InChI=1S/C37H53NO10/c1-22(39)48-37(16-12-28-26-7-6-24-18-25(40)10-14-35(24,4)27(26)11-15-36(28,37)5)30(41)21-46-33(45)9-8-31(42)38-29(19-32(43)44)23-13-17-47-34(2,3)20-23/h18,23,26-29H,6-17,19-21H2,1-5H3,(H,38,42)(H,43,44)/t23-,26-,27+,28+,29-,35+,36+,37+/m1/s1. The zero-order chi connectivity index (χ0) is 35.1. The van der Waals surface area contributed by atoms with Crippen molar-refractivity contribution in [3.8, 4) is 0 Å². The summed E-state index contributed by atoms with van der Waals surface area (Å²) in [6, 6.07) is -0.597. The first-order valence-electron chi connectivity index (χ1n) is 17.8. The molecule has 0 spiro atoms. The molecule has 48 heavy (non-hydrogen) atoms. The Bertz CT molecular complexity index is 1370. The number of amides is 1. The van der Waals surface area contributed by atoms with Crippen molar-refractivity contribution in [2.24, 2.45) is 34.5 Å². The van der Waals surface area contributed by atoms with E-state index in [-0.39, 0.29) is 42.3 Å². The monoisotopic (exact) mass is 671 g/mol. The third kappa shape index (κ3) is 6.98. The molecule has 0 aromatic heterocycles. The molecule has 0 aromatic rings. The van der Waals surface area contributed by atoms with Crippen LogP contribution in [0.3, 0.4) is 0 Å². The summed E-state index contributed by atoms with van der Waals surface area (Å²) in [6.45, 7) is 9.43. The summed E-state index contributed by atoms with van der Waals surface area (Å²) in [5, 5.41) is 12.2. The predicted octanol–water partition coefficient (Wildman–Crippen LogP) is 4.88. The normalized spacial score (nSPS) is 35.9. The molecule has 5 aliphatic rings. The van der Waals surface area contributed by atoms with E-state index in [9.17, 15) is 33.9 Å². The van der Waals surface area contributed by atoms with Crippen LogP contribution in [0.4, 0.5) is 0 Å². The van der Waals surface area contributed by atoms with Crippen molar-refractivity contribution in [3.05, 3.63) is 11.6 Å². The first-order chi connectivity index (χ1) is 22.5. The highest BCUT2D eigenvalue weighted by Crippen LogP contribution is 2.68. The van der Waals surface area contributed by atoms with Crippen LogP contribution in [0, 0.1) is 34.5 Å². The lowest BCUT2D eigenvalue weighted by molar-refractivity contribution is -0.191. The summed E-state index contributed by atoms with van der Waals surface area (Å²) in [6.07, 6.45) is 8.19. The van der Waals surface area contributed by atoms with Gasteiger partial charge in [0.2, 0.25) is 11.7 Å². The highest BCUT2D eigenvalue weighted by molar-refractivity contribution is 5.93. The summed E-state index contributed by atoms with van der Waals surface area (Å²) < 4.78 is 17.1. The van der Waals surface area contributed by atoms with Gasteiger partial charge in [0, 0.05) is 37.8 Å². The Hall–Kier alpha value is -3.08. The second-order valence-corrected chi connectivity index (χ2v) is 16.1. The quantitative estimate of drug-likeness (QED) is 0.290. The molecule has 3 saturated carbocycles. The Morgan fingerprint density at radius 3 is 2.40 bits per heavy atom. The Kier molecular flexibility index (Phi) is 10.3. The third-order valence-corrected chi connectivity index (χ3v) is 12.8. The van der Waals surface area contributed by atoms with Crippen LogP contribution in [0.1, 0.15) is 118 Å². The Morgan fingerprint density at radius 1 is 0.979 bits per heavy atom.